The maximum absolute atomic E-state index is 12.0. The lowest BCUT2D eigenvalue weighted by atomic mass is 9.89. The molecule has 134 valence electrons. The number of hydrogen-bond donors (Lipinski definition) is 2. The molecule has 3 rings (SSSR count). The average molecular weight is 343 g/mol. The number of H-pyrrole nitrogens is 1. The molecule has 0 saturated carbocycles. The smallest absolute Gasteiger partial charge is 0.306 e. The van der Waals surface area contributed by atoms with Crippen molar-refractivity contribution in [2.24, 2.45) is 0 Å². The Hall–Kier alpha value is -2.34. The zero-order valence-electron chi connectivity index (χ0n) is 14.8. The molecule has 0 spiro atoms. The van der Waals surface area contributed by atoms with E-state index >= 15 is 0 Å². The summed E-state index contributed by atoms with van der Waals surface area (Å²) in [6.45, 7) is 2.22. The van der Waals surface area contributed by atoms with Crippen molar-refractivity contribution in [3.63, 3.8) is 0 Å². The lowest BCUT2D eigenvalue weighted by Crippen LogP contribution is -2.29. The standard InChI is InChI=1S/C19H25N3O3/c1-22-9-7-13(8-10-22)16-12-20-17-4-3-14(11-15(16)17)21-18(23)5-6-19(24)25-2/h3-4,11-13,20H,5-10H2,1-2H3,(H,21,23). The number of aromatic amines is 1. The molecular formula is C19H25N3O3. The topological polar surface area (TPSA) is 74.4 Å². The number of ether oxygens (including phenoxy) is 1. The summed E-state index contributed by atoms with van der Waals surface area (Å²) in [4.78, 5) is 28.8. The summed E-state index contributed by atoms with van der Waals surface area (Å²) >= 11 is 0. The molecule has 1 saturated heterocycles. The predicted molar refractivity (Wildman–Crippen MR) is 97.7 cm³/mol. The number of likely N-dealkylation sites (tertiary alicyclic amines) is 1. The Balaban J connectivity index is 1.72. The number of nitrogens with one attached hydrogen (secondary N) is 2. The molecule has 2 aromatic rings. The van der Waals surface area contributed by atoms with Crippen LogP contribution in [-0.4, -0.2) is 49.0 Å². The summed E-state index contributed by atoms with van der Waals surface area (Å²) < 4.78 is 4.56. The van der Waals surface area contributed by atoms with Gasteiger partial charge in [-0.25, -0.2) is 0 Å². The Bertz CT molecular complexity index is 760. The first-order chi connectivity index (χ1) is 12.1. The molecule has 0 atom stereocenters. The molecular weight excluding hydrogens is 318 g/mol. The fourth-order valence-corrected chi connectivity index (χ4v) is 3.42. The minimum absolute atomic E-state index is 0.0928. The number of carbonyl (C=O) groups is 2. The Labute approximate surface area is 147 Å². The molecule has 25 heavy (non-hydrogen) atoms. The zero-order chi connectivity index (χ0) is 17.8. The largest absolute Gasteiger partial charge is 0.469 e. The fourth-order valence-electron chi connectivity index (χ4n) is 3.42. The van der Waals surface area contributed by atoms with Crippen LogP contribution in [0.1, 0.15) is 37.2 Å². The SMILES string of the molecule is COC(=O)CCC(=O)Nc1ccc2[nH]cc(C3CCN(C)CC3)c2c1. The van der Waals surface area contributed by atoms with Crippen LogP contribution in [0.3, 0.4) is 0 Å². The van der Waals surface area contributed by atoms with Crippen molar-refractivity contribution < 1.29 is 14.3 Å². The van der Waals surface area contributed by atoms with Gasteiger partial charge >= 0.3 is 5.97 Å². The van der Waals surface area contributed by atoms with Gasteiger partial charge in [-0.1, -0.05) is 0 Å². The quantitative estimate of drug-likeness (QED) is 0.819. The number of nitrogens with zero attached hydrogens (tertiary/aromatic N) is 1. The Morgan fingerprint density at radius 3 is 2.76 bits per heavy atom. The molecule has 0 aliphatic carbocycles. The number of fused-ring (bicyclic) bond motifs is 1. The highest BCUT2D eigenvalue weighted by molar-refractivity contribution is 5.95. The van der Waals surface area contributed by atoms with Gasteiger partial charge in [0.2, 0.25) is 5.91 Å². The Morgan fingerprint density at radius 1 is 1.28 bits per heavy atom. The lowest BCUT2D eigenvalue weighted by molar-refractivity contribution is -0.141. The third kappa shape index (κ3) is 4.20. The molecule has 2 N–H and O–H groups in total. The summed E-state index contributed by atoms with van der Waals surface area (Å²) in [6, 6.07) is 5.90. The number of esters is 1. The maximum Gasteiger partial charge on any atom is 0.306 e. The van der Waals surface area contributed by atoms with E-state index in [-0.39, 0.29) is 24.7 Å². The van der Waals surface area contributed by atoms with Gasteiger partial charge in [0.15, 0.2) is 0 Å². The highest BCUT2D eigenvalue weighted by Gasteiger charge is 2.21. The molecule has 0 bridgehead atoms. The van der Waals surface area contributed by atoms with Crippen LogP contribution < -0.4 is 5.32 Å². The van der Waals surface area contributed by atoms with Gasteiger partial charge in [-0.05, 0) is 62.7 Å². The van der Waals surface area contributed by atoms with Gasteiger partial charge in [0.05, 0.1) is 13.5 Å². The van der Waals surface area contributed by atoms with Crippen molar-refractivity contribution in [1.29, 1.82) is 0 Å². The highest BCUT2D eigenvalue weighted by atomic mass is 16.5. The number of amides is 1. The number of anilines is 1. The van der Waals surface area contributed by atoms with Crippen LogP contribution >= 0.6 is 0 Å². The van der Waals surface area contributed by atoms with E-state index < -0.39 is 0 Å². The van der Waals surface area contributed by atoms with Crippen LogP contribution in [0.4, 0.5) is 5.69 Å². The van der Waals surface area contributed by atoms with Gasteiger partial charge in [0.25, 0.3) is 0 Å². The van der Waals surface area contributed by atoms with Gasteiger partial charge in [0, 0.05) is 29.2 Å². The van der Waals surface area contributed by atoms with E-state index in [4.69, 9.17) is 0 Å². The van der Waals surface area contributed by atoms with Crippen LogP contribution in [0.15, 0.2) is 24.4 Å². The number of methoxy groups -OCH3 is 1. The van der Waals surface area contributed by atoms with E-state index in [0.29, 0.717) is 5.92 Å². The number of piperidine rings is 1. The minimum atomic E-state index is -0.374. The van der Waals surface area contributed by atoms with Crippen molar-refractivity contribution in [3.05, 3.63) is 30.0 Å². The van der Waals surface area contributed by atoms with E-state index in [1.807, 2.05) is 18.2 Å². The lowest BCUT2D eigenvalue weighted by Gasteiger charge is -2.28. The molecule has 0 radical (unpaired) electrons. The summed E-state index contributed by atoms with van der Waals surface area (Å²) in [5.41, 5.74) is 3.17. The third-order valence-electron chi connectivity index (χ3n) is 4.94. The monoisotopic (exact) mass is 343 g/mol. The molecule has 6 nitrogen and oxygen atoms in total. The first kappa shape index (κ1) is 17.5. The summed E-state index contributed by atoms with van der Waals surface area (Å²) in [7, 11) is 3.48. The summed E-state index contributed by atoms with van der Waals surface area (Å²) in [5.74, 6) is -0.00265. The van der Waals surface area contributed by atoms with Crippen molar-refractivity contribution in [2.45, 2.75) is 31.6 Å². The number of carbonyl (C=O) groups excluding carboxylic acids is 2. The van der Waals surface area contributed by atoms with Crippen molar-refractivity contribution >= 4 is 28.5 Å². The van der Waals surface area contributed by atoms with Crippen LogP contribution in [-0.2, 0) is 14.3 Å². The fraction of sp³-hybridized carbons (Fsp3) is 0.474. The van der Waals surface area contributed by atoms with Gasteiger partial charge in [-0.15, -0.1) is 0 Å². The van der Waals surface area contributed by atoms with Crippen molar-refractivity contribution in [3.8, 4) is 0 Å². The third-order valence-corrected chi connectivity index (χ3v) is 4.94. The normalized spacial score (nSPS) is 16.1. The minimum Gasteiger partial charge on any atom is -0.469 e. The Kier molecular flexibility index (Phi) is 5.38. The van der Waals surface area contributed by atoms with Gasteiger partial charge in [-0.3, -0.25) is 9.59 Å². The van der Waals surface area contributed by atoms with E-state index in [1.54, 1.807) is 0 Å². The molecule has 0 unspecified atom stereocenters. The van der Waals surface area contributed by atoms with Crippen LogP contribution in [0.25, 0.3) is 10.9 Å². The number of hydrogen-bond acceptors (Lipinski definition) is 4. The summed E-state index contributed by atoms with van der Waals surface area (Å²) in [5, 5.41) is 4.04. The van der Waals surface area contributed by atoms with E-state index in [0.717, 1.165) is 37.1 Å². The predicted octanol–water partition coefficient (Wildman–Crippen LogP) is 2.87. The zero-order valence-corrected chi connectivity index (χ0v) is 14.8. The first-order valence-electron chi connectivity index (χ1n) is 8.73. The molecule has 1 aliphatic heterocycles. The number of rotatable bonds is 5. The number of benzene rings is 1. The second-order valence-corrected chi connectivity index (χ2v) is 6.71. The van der Waals surface area contributed by atoms with E-state index in [9.17, 15) is 9.59 Å². The molecule has 2 heterocycles. The van der Waals surface area contributed by atoms with Gasteiger partial charge < -0.3 is 19.9 Å². The molecule has 1 amide bonds. The van der Waals surface area contributed by atoms with E-state index in [2.05, 4.69) is 33.2 Å². The van der Waals surface area contributed by atoms with Gasteiger partial charge in [0.1, 0.15) is 0 Å². The average Bonchev–Trinajstić information content (AvgIpc) is 3.03. The second-order valence-electron chi connectivity index (χ2n) is 6.71. The maximum atomic E-state index is 12.0. The summed E-state index contributed by atoms with van der Waals surface area (Å²) in [6.07, 6.45) is 4.62. The van der Waals surface area contributed by atoms with Crippen molar-refractivity contribution in [1.82, 2.24) is 9.88 Å². The van der Waals surface area contributed by atoms with Crippen LogP contribution in [0.5, 0.6) is 0 Å². The Morgan fingerprint density at radius 2 is 2.04 bits per heavy atom. The highest BCUT2D eigenvalue weighted by Crippen LogP contribution is 2.34. The van der Waals surface area contributed by atoms with Crippen LogP contribution in [0, 0.1) is 0 Å². The molecule has 1 fully saturated rings. The van der Waals surface area contributed by atoms with E-state index in [1.165, 1.54) is 18.1 Å². The van der Waals surface area contributed by atoms with Gasteiger partial charge in [-0.2, -0.15) is 0 Å². The molecule has 6 heteroatoms. The van der Waals surface area contributed by atoms with Crippen LogP contribution in [0.2, 0.25) is 0 Å². The number of aromatic nitrogens is 1. The second kappa shape index (κ2) is 7.70. The van der Waals surface area contributed by atoms with Crippen molar-refractivity contribution in [2.75, 3.05) is 32.6 Å². The molecule has 1 aromatic carbocycles. The molecule has 1 aliphatic rings. The molecule has 1 aromatic heterocycles. The first-order valence-corrected chi connectivity index (χ1v) is 8.73.